The lowest BCUT2D eigenvalue weighted by atomic mass is 9.82. The molecular weight excluding hydrogens is 512 g/mol. The molecule has 0 radical (unpaired) electrons. The zero-order chi connectivity index (χ0) is 28.6. The van der Waals surface area contributed by atoms with Gasteiger partial charge < -0.3 is 32.9 Å². The van der Waals surface area contributed by atoms with E-state index in [9.17, 15) is 5.11 Å². The second-order valence-electron chi connectivity index (χ2n) is 13.9. The van der Waals surface area contributed by atoms with Crippen molar-refractivity contribution in [1.29, 1.82) is 0 Å². The van der Waals surface area contributed by atoms with E-state index in [0.29, 0.717) is 32.7 Å². The van der Waals surface area contributed by atoms with Crippen molar-refractivity contribution in [3.8, 4) is 5.75 Å². The highest BCUT2D eigenvalue weighted by molar-refractivity contribution is 6.73. The second kappa shape index (κ2) is 11.5. The largest absolute Gasteiger partial charge is 0.497 e. The fourth-order valence-corrected chi connectivity index (χ4v) is 11.5. The van der Waals surface area contributed by atoms with E-state index in [-0.39, 0.29) is 40.6 Å². The molecule has 7 nitrogen and oxygen atoms in total. The van der Waals surface area contributed by atoms with Crippen LogP contribution >= 0.6 is 0 Å². The molecule has 4 rings (SSSR count). The van der Waals surface area contributed by atoms with E-state index in [1.807, 2.05) is 31.2 Å². The van der Waals surface area contributed by atoms with E-state index in [2.05, 4.69) is 54.5 Å². The summed E-state index contributed by atoms with van der Waals surface area (Å²) in [6.07, 6.45) is 3.27. The lowest BCUT2D eigenvalue weighted by Crippen LogP contribution is -2.69. The Labute approximate surface area is 236 Å². The van der Waals surface area contributed by atoms with Gasteiger partial charge in [-0.05, 0) is 38.0 Å². The SMILES string of the molecule is COc1ccc(COC/C(C)=C/C[C@@H]2O[C@@H]3C[C@@H]4O[Si](C(C)(C)C)(C(C)(C)C)OC[C@H]4O[C@H]3C[C@@]2(C)O)cc1. The van der Waals surface area contributed by atoms with Crippen molar-refractivity contribution in [1.82, 2.24) is 0 Å². The van der Waals surface area contributed by atoms with Gasteiger partial charge in [-0.1, -0.05) is 65.3 Å². The van der Waals surface area contributed by atoms with Crippen LogP contribution in [0, 0.1) is 0 Å². The van der Waals surface area contributed by atoms with Gasteiger partial charge in [-0.15, -0.1) is 0 Å². The summed E-state index contributed by atoms with van der Waals surface area (Å²) in [6.45, 7) is 18.9. The van der Waals surface area contributed by atoms with Gasteiger partial charge in [0.25, 0.3) is 0 Å². The van der Waals surface area contributed by atoms with Gasteiger partial charge in [0.15, 0.2) is 0 Å². The Morgan fingerprint density at radius 2 is 1.69 bits per heavy atom. The highest BCUT2D eigenvalue weighted by Crippen LogP contribution is 2.55. The predicted molar refractivity (Wildman–Crippen MR) is 154 cm³/mol. The molecule has 0 spiro atoms. The number of aliphatic hydroxyl groups is 1. The molecule has 0 aromatic heterocycles. The van der Waals surface area contributed by atoms with Crippen LogP contribution in [0.15, 0.2) is 35.9 Å². The molecular formula is C31H50O7Si. The number of hydrogen-bond acceptors (Lipinski definition) is 7. The third-order valence-electron chi connectivity index (χ3n) is 8.47. The van der Waals surface area contributed by atoms with Gasteiger partial charge in [0.2, 0.25) is 0 Å². The van der Waals surface area contributed by atoms with Crippen LogP contribution < -0.4 is 4.74 Å². The first-order chi connectivity index (χ1) is 18.1. The summed E-state index contributed by atoms with van der Waals surface area (Å²) in [6, 6.07) is 7.90. The van der Waals surface area contributed by atoms with Gasteiger partial charge >= 0.3 is 8.56 Å². The number of benzene rings is 1. The Morgan fingerprint density at radius 3 is 2.31 bits per heavy atom. The number of methoxy groups -OCH3 is 1. The Bertz CT molecular complexity index is 978. The van der Waals surface area contributed by atoms with Crippen LogP contribution in [0.3, 0.4) is 0 Å². The highest BCUT2D eigenvalue weighted by atomic mass is 28.4. The third kappa shape index (κ3) is 6.64. The third-order valence-corrected chi connectivity index (χ3v) is 13.6. The summed E-state index contributed by atoms with van der Waals surface area (Å²) in [5, 5.41) is 11.2. The van der Waals surface area contributed by atoms with Gasteiger partial charge in [0.1, 0.15) is 11.9 Å². The van der Waals surface area contributed by atoms with Crippen LogP contribution in [0.1, 0.15) is 80.2 Å². The summed E-state index contributed by atoms with van der Waals surface area (Å²) >= 11 is 0. The number of fused-ring (bicyclic) bond motifs is 2. The summed E-state index contributed by atoms with van der Waals surface area (Å²) in [7, 11) is -0.920. The molecule has 220 valence electrons. The maximum Gasteiger partial charge on any atom is 0.349 e. The summed E-state index contributed by atoms with van der Waals surface area (Å²) < 4.78 is 37.7. The normalized spacial score (nSPS) is 33.3. The minimum absolute atomic E-state index is 0.0579. The summed E-state index contributed by atoms with van der Waals surface area (Å²) in [5.74, 6) is 0.837. The van der Waals surface area contributed by atoms with Crippen LogP contribution in [0.2, 0.25) is 10.1 Å². The molecule has 3 aliphatic rings. The quantitative estimate of drug-likeness (QED) is 0.319. The fraction of sp³-hybridized carbons (Fsp3) is 0.742. The molecule has 1 aromatic carbocycles. The Balaban J connectivity index is 1.35. The Morgan fingerprint density at radius 1 is 1.03 bits per heavy atom. The molecule has 3 saturated heterocycles. The van der Waals surface area contributed by atoms with Crippen molar-refractivity contribution in [3.05, 3.63) is 41.5 Å². The molecule has 1 aromatic rings. The fourth-order valence-electron chi connectivity index (χ4n) is 6.51. The lowest BCUT2D eigenvalue weighted by molar-refractivity contribution is -0.275. The monoisotopic (exact) mass is 562 g/mol. The number of hydrogen-bond donors (Lipinski definition) is 1. The van der Waals surface area contributed by atoms with E-state index in [0.717, 1.165) is 23.3 Å². The van der Waals surface area contributed by atoms with Gasteiger partial charge in [-0.25, -0.2) is 0 Å². The van der Waals surface area contributed by atoms with Gasteiger partial charge in [-0.2, -0.15) is 0 Å². The lowest BCUT2D eigenvalue weighted by Gasteiger charge is -2.58. The molecule has 3 heterocycles. The molecule has 0 unspecified atom stereocenters. The van der Waals surface area contributed by atoms with Crippen LogP contribution in [0.5, 0.6) is 5.75 Å². The minimum atomic E-state index is -2.58. The van der Waals surface area contributed by atoms with E-state index in [1.54, 1.807) is 7.11 Å². The highest BCUT2D eigenvalue weighted by Gasteiger charge is 2.63. The first kappa shape index (κ1) is 30.7. The van der Waals surface area contributed by atoms with Crippen molar-refractivity contribution in [3.63, 3.8) is 0 Å². The zero-order valence-corrected chi connectivity index (χ0v) is 26.4. The van der Waals surface area contributed by atoms with Gasteiger partial charge in [-0.3, -0.25) is 0 Å². The van der Waals surface area contributed by atoms with Crippen molar-refractivity contribution in [2.24, 2.45) is 0 Å². The zero-order valence-electron chi connectivity index (χ0n) is 25.4. The smallest absolute Gasteiger partial charge is 0.349 e. The second-order valence-corrected chi connectivity index (χ2v) is 18.6. The summed E-state index contributed by atoms with van der Waals surface area (Å²) in [4.78, 5) is 0. The molecule has 1 N–H and O–H groups in total. The van der Waals surface area contributed by atoms with Gasteiger partial charge in [0, 0.05) is 22.9 Å². The van der Waals surface area contributed by atoms with Crippen LogP contribution in [-0.2, 0) is 29.7 Å². The van der Waals surface area contributed by atoms with Gasteiger partial charge in [0.05, 0.1) is 56.9 Å². The standard InChI is InChI=1S/C31H50O7Si/c1-21(18-34-19-22-11-13-23(33-9)14-12-22)10-15-28-31(8,32)17-26-24(37-28)16-25-27(36-26)20-35-39(38-25,29(2,3)4)30(5,6)7/h10-14,24-28,32H,15-20H2,1-9H3/b21-10+/t24-,25+,26+,27-,28+,31-/m1/s1. The molecule has 8 heteroatoms. The molecule has 0 bridgehead atoms. The molecule has 3 aliphatic heterocycles. The van der Waals surface area contributed by atoms with Crippen molar-refractivity contribution < 1.29 is 32.9 Å². The maximum absolute atomic E-state index is 11.3. The average Bonchev–Trinajstić information content (AvgIpc) is 2.84. The Kier molecular flexibility index (Phi) is 9.09. The molecule has 39 heavy (non-hydrogen) atoms. The summed E-state index contributed by atoms with van der Waals surface area (Å²) in [5.41, 5.74) is 1.23. The van der Waals surface area contributed by atoms with E-state index in [4.69, 9.17) is 27.8 Å². The number of ether oxygens (including phenoxy) is 4. The van der Waals surface area contributed by atoms with E-state index >= 15 is 0 Å². The molecule has 0 amide bonds. The first-order valence-corrected chi connectivity index (χ1v) is 16.2. The average molecular weight is 563 g/mol. The molecule has 3 fully saturated rings. The van der Waals surface area contributed by atoms with E-state index in [1.165, 1.54) is 0 Å². The van der Waals surface area contributed by atoms with E-state index < -0.39 is 14.2 Å². The van der Waals surface area contributed by atoms with Crippen molar-refractivity contribution >= 4 is 8.56 Å². The molecule has 0 aliphatic carbocycles. The number of rotatable bonds is 7. The maximum atomic E-state index is 11.3. The van der Waals surface area contributed by atoms with Crippen molar-refractivity contribution in [2.45, 2.75) is 127 Å². The van der Waals surface area contributed by atoms with Crippen LogP contribution in [-0.4, -0.2) is 70.1 Å². The van der Waals surface area contributed by atoms with Crippen molar-refractivity contribution in [2.75, 3.05) is 20.3 Å². The molecule has 0 saturated carbocycles. The first-order valence-electron chi connectivity index (χ1n) is 14.4. The predicted octanol–water partition coefficient (Wildman–Crippen LogP) is 6.07. The topological polar surface area (TPSA) is 75.6 Å². The Hall–Kier alpha value is -1.26. The van der Waals surface area contributed by atoms with Crippen LogP contribution in [0.4, 0.5) is 0 Å². The minimum Gasteiger partial charge on any atom is -0.497 e. The van der Waals surface area contributed by atoms with Crippen LogP contribution in [0.25, 0.3) is 0 Å². The molecule has 6 atom stereocenters.